The minimum atomic E-state index is 0.303. The van der Waals surface area contributed by atoms with Crippen molar-refractivity contribution < 1.29 is 0 Å². The third-order valence-corrected chi connectivity index (χ3v) is 3.64. The Morgan fingerprint density at radius 3 is 2.95 bits per heavy atom. The molecule has 0 atom stereocenters. The van der Waals surface area contributed by atoms with Crippen LogP contribution in [0.4, 0.5) is 5.82 Å². The molecule has 1 heterocycles. The number of allylic oxidation sites excluding steroid dienone is 5. The number of aryl methyl sites for hydroxylation is 1. The van der Waals surface area contributed by atoms with Crippen LogP contribution in [0.5, 0.6) is 0 Å². The highest BCUT2D eigenvalue weighted by Gasteiger charge is 2.09. The molecule has 4 N–H and O–H groups in total. The summed E-state index contributed by atoms with van der Waals surface area (Å²) in [6.07, 6.45) is 10.3. The smallest absolute Gasteiger partial charge is 0.162 e. The number of hydrogen-bond donors (Lipinski definition) is 3. The van der Waals surface area contributed by atoms with Gasteiger partial charge in [-0.25, -0.2) is 0 Å². The lowest BCUT2D eigenvalue weighted by Crippen LogP contribution is -1.99. The Balaban J connectivity index is 2.46. The summed E-state index contributed by atoms with van der Waals surface area (Å²) in [5.41, 5.74) is 9.19. The number of anilines is 1. The number of nitrogens with zero attached hydrogens (tertiary/aromatic N) is 2. The van der Waals surface area contributed by atoms with Gasteiger partial charge in [0.05, 0.1) is 16.9 Å². The molecule has 0 spiro atoms. The third kappa shape index (κ3) is 4.54. The molecule has 0 aromatic carbocycles. The van der Waals surface area contributed by atoms with E-state index in [9.17, 15) is 0 Å². The number of aromatic amines is 1. The van der Waals surface area contributed by atoms with E-state index in [1.807, 2.05) is 37.5 Å². The molecule has 0 bridgehead atoms. The van der Waals surface area contributed by atoms with Crippen molar-refractivity contribution in [3.63, 3.8) is 0 Å². The molecule has 22 heavy (non-hydrogen) atoms. The molecule has 1 aliphatic rings. The Labute approximate surface area is 139 Å². The van der Waals surface area contributed by atoms with Gasteiger partial charge in [0.2, 0.25) is 0 Å². The first-order valence-corrected chi connectivity index (χ1v) is 8.29. The summed E-state index contributed by atoms with van der Waals surface area (Å²) >= 11 is 7.98. The first kappa shape index (κ1) is 16.5. The van der Waals surface area contributed by atoms with Crippen molar-refractivity contribution in [3.05, 3.63) is 58.7 Å². The van der Waals surface area contributed by atoms with E-state index in [0.29, 0.717) is 10.9 Å². The fourth-order valence-electron chi connectivity index (χ4n) is 1.85. The molecule has 0 saturated carbocycles. The minimum Gasteiger partial charge on any atom is -0.381 e. The fraction of sp³-hybridized carbons (Fsp3) is 0.200. The molecule has 0 aliphatic heterocycles. The molecule has 0 unspecified atom stereocenters. The number of hydrogen-bond acceptors (Lipinski definition) is 5. The Bertz CT molecular complexity index is 659. The molecule has 0 radical (unpaired) electrons. The number of aromatic nitrogens is 3. The number of halogens is 1. The molecular weight excluding hydrogens is 318 g/mol. The van der Waals surface area contributed by atoms with Crippen LogP contribution in [0.3, 0.4) is 0 Å². The van der Waals surface area contributed by atoms with Crippen LogP contribution in [-0.4, -0.2) is 21.4 Å². The maximum Gasteiger partial charge on any atom is 0.162 e. The molecule has 0 amide bonds. The van der Waals surface area contributed by atoms with E-state index in [-0.39, 0.29) is 0 Å². The highest BCUT2D eigenvalue weighted by Crippen LogP contribution is 2.28. The second kappa shape index (κ2) is 7.91. The SMILES string of the molecule is CSNC1=CCC=C(c2ccc(C)[nH]nc(N)cn2)C(Cl)=C1. The van der Waals surface area contributed by atoms with Crippen molar-refractivity contribution in [2.24, 2.45) is 0 Å². The Morgan fingerprint density at radius 1 is 1.36 bits per heavy atom. The third-order valence-electron chi connectivity index (χ3n) is 2.88. The monoisotopic (exact) mass is 335 g/mol. The number of nitrogen functional groups attached to an aromatic ring is 1. The average molecular weight is 336 g/mol. The summed E-state index contributed by atoms with van der Waals surface area (Å²) in [7, 11) is 0. The predicted molar refractivity (Wildman–Crippen MR) is 94.4 cm³/mol. The van der Waals surface area contributed by atoms with E-state index in [2.05, 4.69) is 26.0 Å². The molecule has 5 nitrogen and oxygen atoms in total. The zero-order chi connectivity index (χ0) is 15.9. The van der Waals surface area contributed by atoms with Crippen LogP contribution in [0.2, 0.25) is 0 Å². The average Bonchev–Trinajstić information content (AvgIpc) is 2.62. The number of H-pyrrole nitrogens is 1. The Hall–Kier alpha value is -1.92. The van der Waals surface area contributed by atoms with E-state index in [4.69, 9.17) is 17.3 Å². The Kier molecular flexibility index (Phi) is 5.91. The topological polar surface area (TPSA) is 79.6 Å². The lowest BCUT2D eigenvalue weighted by molar-refractivity contribution is 1.00. The van der Waals surface area contributed by atoms with Crippen molar-refractivity contribution in [3.8, 4) is 0 Å². The van der Waals surface area contributed by atoms with Crippen LogP contribution < -0.4 is 10.5 Å². The molecule has 0 saturated heterocycles. The molecular formula is C15H18ClN5S. The first-order valence-electron chi connectivity index (χ1n) is 6.69. The van der Waals surface area contributed by atoms with Gasteiger partial charge in [0.25, 0.3) is 0 Å². The maximum atomic E-state index is 6.45. The van der Waals surface area contributed by atoms with Crippen LogP contribution in [0.25, 0.3) is 5.57 Å². The second-order valence-corrected chi connectivity index (χ2v) is 5.64. The van der Waals surface area contributed by atoms with Crippen molar-refractivity contribution in [1.82, 2.24) is 19.9 Å². The van der Waals surface area contributed by atoms with Crippen molar-refractivity contribution in [1.29, 1.82) is 0 Å². The Morgan fingerprint density at radius 2 is 2.18 bits per heavy atom. The van der Waals surface area contributed by atoms with E-state index in [1.54, 1.807) is 0 Å². The molecule has 1 aromatic rings. The molecule has 2 rings (SSSR count). The van der Waals surface area contributed by atoms with Crippen LogP contribution in [0.15, 0.2) is 47.3 Å². The summed E-state index contributed by atoms with van der Waals surface area (Å²) < 4.78 is 3.19. The van der Waals surface area contributed by atoms with Gasteiger partial charge in [-0.15, -0.1) is 0 Å². The van der Waals surface area contributed by atoms with Crippen LogP contribution in [0, 0.1) is 6.92 Å². The van der Waals surface area contributed by atoms with Crippen LogP contribution in [0.1, 0.15) is 17.8 Å². The zero-order valence-electron chi connectivity index (χ0n) is 12.4. The highest BCUT2D eigenvalue weighted by molar-refractivity contribution is 7.96. The number of nitrogens with two attached hydrogens (primary N) is 1. The van der Waals surface area contributed by atoms with Gasteiger partial charge in [-0.3, -0.25) is 10.1 Å². The van der Waals surface area contributed by atoms with Gasteiger partial charge in [0.15, 0.2) is 5.82 Å². The molecule has 0 fully saturated rings. The normalized spacial score (nSPS) is 14.2. The van der Waals surface area contributed by atoms with E-state index in [0.717, 1.165) is 29.1 Å². The number of nitrogens with one attached hydrogen (secondary N) is 2. The summed E-state index contributed by atoms with van der Waals surface area (Å²) in [5.74, 6) is 0.303. The largest absolute Gasteiger partial charge is 0.381 e. The lowest BCUT2D eigenvalue weighted by Gasteiger charge is -2.04. The van der Waals surface area contributed by atoms with Gasteiger partial charge in [-0.2, -0.15) is 5.10 Å². The summed E-state index contributed by atoms with van der Waals surface area (Å²) in [6.45, 7) is 1.90. The summed E-state index contributed by atoms with van der Waals surface area (Å²) in [5, 5.41) is 7.45. The predicted octanol–water partition coefficient (Wildman–Crippen LogP) is 3.48. The lowest BCUT2D eigenvalue weighted by atomic mass is 10.1. The van der Waals surface area contributed by atoms with E-state index in [1.165, 1.54) is 18.1 Å². The van der Waals surface area contributed by atoms with Crippen LogP contribution >= 0.6 is 23.5 Å². The quantitative estimate of drug-likeness (QED) is 0.737. The number of rotatable bonds is 3. The molecule has 1 aliphatic carbocycles. The second-order valence-electron chi connectivity index (χ2n) is 4.62. The van der Waals surface area contributed by atoms with Gasteiger partial charge in [0.1, 0.15) is 0 Å². The van der Waals surface area contributed by atoms with E-state index >= 15 is 0 Å². The van der Waals surface area contributed by atoms with Crippen molar-refractivity contribution in [2.45, 2.75) is 13.3 Å². The van der Waals surface area contributed by atoms with Gasteiger partial charge in [-0.05, 0) is 31.6 Å². The summed E-state index contributed by atoms with van der Waals surface area (Å²) in [6, 6.07) is 3.78. The van der Waals surface area contributed by atoms with E-state index < -0.39 is 0 Å². The van der Waals surface area contributed by atoms with Gasteiger partial charge in [-0.1, -0.05) is 35.7 Å². The standard InChI is InChI=1S/C15H18ClN5S/c1-10-6-7-14(18-9-15(17)20-19-10)12-5-3-4-11(21-22-2)8-13(12)16/h4-9,19,21H,3H2,1-2H3,(H2,17,20). The first-order chi connectivity index (χ1) is 10.6. The molecule has 1 aromatic heterocycles. The van der Waals surface area contributed by atoms with Gasteiger partial charge in [0, 0.05) is 23.2 Å². The maximum absolute atomic E-state index is 6.45. The van der Waals surface area contributed by atoms with Gasteiger partial charge >= 0.3 is 0 Å². The fourth-order valence-corrected chi connectivity index (χ4v) is 2.52. The minimum absolute atomic E-state index is 0.303. The van der Waals surface area contributed by atoms with Crippen LogP contribution in [-0.2, 0) is 0 Å². The zero-order valence-corrected chi connectivity index (χ0v) is 14.0. The molecule has 7 heteroatoms. The van der Waals surface area contributed by atoms with Crippen molar-refractivity contribution in [2.75, 3.05) is 12.0 Å². The summed E-state index contributed by atoms with van der Waals surface area (Å²) in [4.78, 5) is 4.40. The van der Waals surface area contributed by atoms with Gasteiger partial charge < -0.3 is 10.5 Å². The van der Waals surface area contributed by atoms with Crippen molar-refractivity contribution >= 4 is 34.9 Å². The highest BCUT2D eigenvalue weighted by atomic mass is 35.5. The molecule has 116 valence electrons.